The molecule has 0 spiro atoms. The molecule has 9 heteroatoms. The van der Waals surface area contributed by atoms with Gasteiger partial charge in [0.1, 0.15) is 6.04 Å². The SMILES string of the molecule is CCCNC(=O)[C@H](CC)N(Cc1ccc(Cl)cc1)C(=O)CCCN(c1cc(C)ccc1C)S(C)(=O)=O. The first-order valence-electron chi connectivity index (χ1n) is 12.3. The van der Waals surface area contributed by atoms with Crippen molar-refractivity contribution in [1.29, 1.82) is 0 Å². The van der Waals surface area contributed by atoms with Crippen LogP contribution < -0.4 is 9.62 Å². The van der Waals surface area contributed by atoms with Gasteiger partial charge in [-0.3, -0.25) is 13.9 Å². The molecule has 2 amide bonds. The minimum absolute atomic E-state index is 0.113. The van der Waals surface area contributed by atoms with Gasteiger partial charge in [-0.05, 0) is 68.0 Å². The Kier molecular flexibility index (Phi) is 11.2. The summed E-state index contributed by atoms with van der Waals surface area (Å²) in [4.78, 5) is 27.9. The molecule has 36 heavy (non-hydrogen) atoms. The van der Waals surface area contributed by atoms with Gasteiger partial charge in [0.15, 0.2) is 0 Å². The summed E-state index contributed by atoms with van der Waals surface area (Å²) in [6, 6.07) is 12.2. The highest BCUT2D eigenvalue weighted by Crippen LogP contribution is 2.25. The van der Waals surface area contributed by atoms with Crippen LogP contribution in [0.25, 0.3) is 0 Å². The Balaban J connectivity index is 2.23. The van der Waals surface area contributed by atoms with Crippen molar-refractivity contribution < 1.29 is 18.0 Å². The molecule has 2 aromatic rings. The lowest BCUT2D eigenvalue weighted by atomic mass is 10.1. The number of carbonyl (C=O) groups excluding carboxylic acids is 2. The first kappa shape index (κ1) is 29.6. The van der Waals surface area contributed by atoms with E-state index in [1.54, 1.807) is 17.0 Å². The molecule has 1 atom stereocenters. The zero-order valence-corrected chi connectivity index (χ0v) is 23.5. The van der Waals surface area contributed by atoms with Crippen LogP contribution in [0, 0.1) is 13.8 Å². The van der Waals surface area contributed by atoms with E-state index in [2.05, 4.69) is 5.32 Å². The molecule has 2 aromatic carbocycles. The molecular weight excluding hydrogens is 498 g/mol. The van der Waals surface area contributed by atoms with Gasteiger partial charge in [-0.2, -0.15) is 0 Å². The van der Waals surface area contributed by atoms with E-state index in [1.807, 2.05) is 58.0 Å². The number of hydrogen-bond acceptors (Lipinski definition) is 4. The van der Waals surface area contributed by atoms with Crippen molar-refractivity contribution in [3.05, 3.63) is 64.2 Å². The largest absolute Gasteiger partial charge is 0.354 e. The fourth-order valence-electron chi connectivity index (χ4n) is 4.04. The molecule has 1 N–H and O–H groups in total. The molecule has 0 radical (unpaired) electrons. The number of halogens is 1. The molecule has 0 aliphatic rings. The number of benzene rings is 2. The third-order valence-electron chi connectivity index (χ3n) is 5.99. The minimum atomic E-state index is -3.54. The number of carbonyl (C=O) groups is 2. The van der Waals surface area contributed by atoms with Gasteiger partial charge in [0.2, 0.25) is 21.8 Å². The van der Waals surface area contributed by atoms with Crippen molar-refractivity contribution in [2.24, 2.45) is 0 Å². The molecule has 0 saturated carbocycles. The van der Waals surface area contributed by atoms with Crippen molar-refractivity contribution in [2.45, 2.75) is 66.0 Å². The molecule has 0 aliphatic heterocycles. The van der Waals surface area contributed by atoms with Crippen molar-refractivity contribution in [1.82, 2.24) is 10.2 Å². The second-order valence-corrected chi connectivity index (χ2v) is 11.4. The van der Waals surface area contributed by atoms with Crippen LogP contribution in [-0.4, -0.2) is 50.5 Å². The summed E-state index contributed by atoms with van der Waals surface area (Å²) in [5.41, 5.74) is 3.29. The van der Waals surface area contributed by atoms with Gasteiger partial charge in [0.05, 0.1) is 11.9 Å². The van der Waals surface area contributed by atoms with Gasteiger partial charge in [-0.25, -0.2) is 8.42 Å². The molecule has 198 valence electrons. The number of aryl methyl sites for hydroxylation is 2. The Morgan fingerprint density at radius 1 is 1.06 bits per heavy atom. The van der Waals surface area contributed by atoms with Gasteiger partial charge < -0.3 is 10.2 Å². The highest BCUT2D eigenvalue weighted by Gasteiger charge is 2.28. The molecular formula is C27H38ClN3O4S. The first-order valence-corrected chi connectivity index (χ1v) is 14.6. The predicted molar refractivity (Wildman–Crippen MR) is 147 cm³/mol. The second kappa shape index (κ2) is 13.7. The summed E-state index contributed by atoms with van der Waals surface area (Å²) in [7, 11) is -3.54. The number of hydrogen-bond donors (Lipinski definition) is 1. The van der Waals surface area contributed by atoms with E-state index in [4.69, 9.17) is 11.6 Å². The van der Waals surface area contributed by atoms with Crippen LogP contribution in [0.2, 0.25) is 5.02 Å². The zero-order chi connectivity index (χ0) is 26.9. The van der Waals surface area contributed by atoms with Crippen molar-refractivity contribution in [3.63, 3.8) is 0 Å². The number of rotatable bonds is 13. The molecule has 2 rings (SSSR count). The summed E-state index contributed by atoms with van der Waals surface area (Å²) < 4.78 is 26.5. The first-order chi connectivity index (χ1) is 17.0. The molecule has 7 nitrogen and oxygen atoms in total. The monoisotopic (exact) mass is 535 g/mol. The lowest BCUT2D eigenvalue weighted by Gasteiger charge is -2.31. The van der Waals surface area contributed by atoms with Crippen LogP contribution in [-0.2, 0) is 26.2 Å². The fourth-order valence-corrected chi connectivity index (χ4v) is 5.18. The number of nitrogens with one attached hydrogen (secondary N) is 1. The topological polar surface area (TPSA) is 86.8 Å². The molecule has 0 saturated heterocycles. The van der Waals surface area contributed by atoms with E-state index < -0.39 is 16.1 Å². The highest BCUT2D eigenvalue weighted by molar-refractivity contribution is 7.92. The lowest BCUT2D eigenvalue weighted by molar-refractivity contribution is -0.141. The Labute approximate surface area is 220 Å². The third kappa shape index (κ3) is 8.52. The highest BCUT2D eigenvalue weighted by atomic mass is 35.5. The van der Waals surface area contributed by atoms with Crippen LogP contribution in [0.5, 0.6) is 0 Å². The number of nitrogens with zero attached hydrogens (tertiary/aromatic N) is 2. The Morgan fingerprint density at radius 2 is 1.72 bits per heavy atom. The van der Waals surface area contributed by atoms with E-state index in [9.17, 15) is 18.0 Å². The maximum atomic E-state index is 13.4. The summed E-state index contributed by atoms with van der Waals surface area (Å²) in [5, 5.41) is 3.49. The molecule has 0 aliphatic carbocycles. The van der Waals surface area contributed by atoms with Gasteiger partial charge in [-0.15, -0.1) is 0 Å². The Morgan fingerprint density at radius 3 is 2.31 bits per heavy atom. The smallest absolute Gasteiger partial charge is 0.242 e. The molecule has 0 unspecified atom stereocenters. The van der Waals surface area contributed by atoms with Gasteiger partial charge in [0.25, 0.3) is 0 Å². The van der Waals surface area contributed by atoms with Crippen LogP contribution in [0.3, 0.4) is 0 Å². The normalized spacial score (nSPS) is 12.2. The van der Waals surface area contributed by atoms with Crippen LogP contribution >= 0.6 is 11.6 Å². The maximum absolute atomic E-state index is 13.4. The van der Waals surface area contributed by atoms with Crippen LogP contribution in [0.4, 0.5) is 5.69 Å². The average Bonchev–Trinajstić information content (AvgIpc) is 2.82. The second-order valence-electron chi connectivity index (χ2n) is 9.09. The number of anilines is 1. The van der Waals surface area contributed by atoms with Gasteiger partial charge in [-0.1, -0.05) is 49.7 Å². The molecule has 0 fully saturated rings. The van der Waals surface area contributed by atoms with Crippen LogP contribution in [0.1, 0.15) is 56.2 Å². The molecule has 0 aromatic heterocycles. The third-order valence-corrected chi connectivity index (χ3v) is 7.42. The standard InChI is InChI=1S/C27H38ClN3O4S/c1-6-16-29-27(33)24(7-2)30(19-22-12-14-23(28)15-13-22)26(32)9-8-17-31(36(5,34)35)25-18-20(3)10-11-21(25)4/h10-15,18,24H,6-9,16-17,19H2,1-5H3,(H,29,33)/t24-/m0/s1. The van der Waals surface area contributed by atoms with Gasteiger partial charge in [0, 0.05) is 31.1 Å². The number of amides is 2. The summed E-state index contributed by atoms with van der Waals surface area (Å²) in [5.74, 6) is -0.382. The van der Waals surface area contributed by atoms with E-state index >= 15 is 0 Å². The Hall–Kier alpha value is -2.58. The zero-order valence-electron chi connectivity index (χ0n) is 21.9. The van der Waals surface area contributed by atoms with Crippen molar-refractivity contribution in [2.75, 3.05) is 23.7 Å². The van der Waals surface area contributed by atoms with Crippen LogP contribution in [0.15, 0.2) is 42.5 Å². The predicted octanol–water partition coefficient (Wildman–Crippen LogP) is 4.84. The van der Waals surface area contributed by atoms with E-state index in [0.717, 1.165) is 23.1 Å². The molecule has 0 bridgehead atoms. The average molecular weight is 536 g/mol. The summed E-state index contributed by atoms with van der Waals surface area (Å²) >= 11 is 6.02. The van der Waals surface area contributed by atoms with E-state index in [1.165, 1.54) is 10.6 Å². The van der Waals surface area contributed by atoms with E-state index in [0.29, 0.717) is 30.1 Å². The fraction of sp³-hybridized carbons (Fsp3) is 0.481. The summed E-state index contributed by atoms with van der Waals surface area (Å²) in [6.07, 6.45) is 2.87. The minimum Gasteiger partial charge on any atom is -0.354 e. The Bertz CT molecular complexity index is 1140. The van der Waals surface area contributed by atoms with Gasteiger partial charge >= 0.3 is 0 Å². The van der Waals surface area contributed by atoms with E-state index in [-0.39, 0.29) is 31.3 Å². The lowest BCUT2D eigenvalue weighted by Crippen LogP contribution is -2.49. The summed E-state index contributed by atoms with van der Waals surface area (Å²) in [6.45, 7) is 8.61. The van der Waals surface area contributed by atoms with Crippen molar-refractivity contribution >= 4 is 39.1 Å². The molecule has 0 heterocycles. The number of sulfonamides is 1. The maximum Gasteiger partial charge on any atom is 0.242 e. The quantitative estimate of drug-likeness (QED) is 0.398. The van der Waals surface area contributed by atoms with Crippen molar-refractivity contribution in [3.8, 4) is 0 Å².